The van der Waals surface area contributed by atoms with Gasteiger partial charge >= 0.3 is 0 Å². The van der Waals surface area contributed by atoms with E-state index in [0.29, 0.717) is 5.69 Å². The zero-order valence-electron chi connectivity index (χ0n) is 6.75. The Morgan fingerprint density at radius 1 is 1.14 bits per heavy atom. The predicted octanol–water partition coefficient (Wildman–Crippen LogP) is 3.88. The monoisotopic (exact) mass is 338 g/mol. The summed E-state index contributed by atoms with van der Waals surface area (Å²) in [5, 5.41) is 1.06. The minimum absolute atomic E-state index is 0. The molecule has 2 nitrogen and oxygen atoms in total. The smallest absolute Gasteiger partial charge is 0.264 e. The summed E-state index contributed by atoms with van der Waals surface area (Å²) in [6.07, 6.45) is 0. The van der Waals surface area contributed by atoms with Gasteiger partial charge in [0.1, 0.15) is 0 Å². The van der Waals surface area contributed by atoms with Crippen molar-refractivity contribution < 1.29 is 0 Å². The van der Waals surface area contributed by atoms with Crippen molar-refractivity contribution in [2.24, 2.45) is 5.84 Å². The summed E-state index contributed by atoms with van der Waals surface area (Å²) < 4.78 is -0.692. The fourth-order valence-electron chi connectivity index (χ4n) is 0.748. The first-order chi connectivity index (χ1) is 5.91. The second-order valence-electron chi connectivity index (χ2n) is 2.31. The number of rotatable bonds is 1. The molecule has 0 fully saturated rings. The number of hydrogen-bond donors (Lipinski definition) is 1. The standard InChI is InChI=1S/C7H6BrCl3N2.ClH/c8-5-1-3-6(4-2-5)13(12)7(9,10)11;/h1-4H,12H2;1H. The Morgan fingerprint density at radius 3 is 1.93 bits per heavy atom. The fourth-order valence-corrected chi connectivity index (χ4v) is 1.31. The van der Waals surface area contributed by atoms with Crippen LogP contribution >= 0.6 is 63.1 Å². The number of alkyl halides is 3. The highest BCUT2D eigenvalue weighted by Gasteiger charge is 2.27. The van der Waals surface area contributed by atoms with Gasteiger partial charge in [0.25, 0.3) is 3.92 Å². The van der Waals surface area contributed by atoms with Crippen LogP contribution in [0.5, 0.6) is 0 Å². The molecule has 0 spiro atoms. The topological polar surface area (TPSA) is 29.3 Å². The SMILES string of the molecule is Cl.NN(c1ccc(Br)cc1)C(Cl)(Cl)Cl. The Labute approximate surface area is 112 Å². The number of nitrogens with two attached hydrogens (primary N) is 1. The lowest BCUT2D eigenvalue weighted by atomic mass is 10.3. The first-order valence-electron chi connectivity index (χ1n) is 3.28. The van der Waals surface area contributed by atoms with Crippen LogP contribution in [0.1, 0.15) is 0 Å². The van der Waals surface area contributed by atoms with Gasteiger partial charge in [-0.15, -0.1) is 12.4 Å². The quantitative estimate of drug-likeness (QED) is 0.364. The number of anilines is 1. The van der Waals surface area contributed by atoms with Gasteiger partial charge < -0.3 is 0 Å². The molecule has 0 aliphatic carbocycles. The third-order valence-corrected chi connectivity index (χ3v) is 2.45. The molecule has 0 amide bonds. The molecule has 2 N–H and O–H groups in total. The van der Waals surface area contributed by atoms with Crippen molar-refractivity contribution in [1.82, 2.24) is 0 Å². The highest BCUT2D eigenvalue weighted by molar-refractivity contribution is 9.10. The molecular weight excluding hydrogens is 334 g/mol. The summed E-state index contributed by atoms with van der Waals surface area (Å²) in [7, 11) is 0. The van der Waals surface area contributed by atoms with E-state index >= 15 is 0 Å². The third-order valence-electron chi connectivity index (χ3n) is 1.38. The summed E-state index contributed by atoms with van der Waals surface area (Å²) >= 11 is 20.0. The van der Waals surface area contributed by atoms with E-state index in [1.165, 1.54) is 0 Å². The molecule has 0 aromatic heterocycles. The van der Waals surface area contributed by atoms with Crippen LogP contribution in [0.15, 0.2) is 28.7 Å². The van der Waals surface area contributed by atoms with Gasteiger partial charge in [0.15, 0.2) is 0 Å². The Kier molecular flexibility index (Phi) is 5.88. The summed E-state index contributed by atoms with van der Waals surface area (Å²) in [6, 6.07) is 7.11. The van der Waals surface area contributed by atoms with Crippen molar-refractivity contribution >= 4 is 68.8 Å². The lowest BCUT2D eigenvalue weighted by molar-refractivity contribution is 0.890. The lowest BCUT2D eigenvalue weighted by Crippen LogP contribution is -2.41. The van der Waals surface area contributed by atoms with Crippen molar-refractivity contribution in [1.29, 1.82) is 0 Å². The highest BCUT2D eigenvalue weighted by Crippen LogP contribution is 2.32. The van der Waals surface area contributed by atoms with Crippen LogP contribution in [0.4, 0.5) is 5.69 Å². The number of benzene rings is 1. The van der Waals surface area contributed by atoms with E-state index in [1.54, 1.807) is 12.1 Å². The highest BCUT2D eigenvalue weighted by atomic mass is 79.9. The molecule has 0 heterocycles. The van der Waals surface area contributed by atoms with Crippen LogP contribution in [-0.2, 0) is 0 Å². The summed E-state index contributed by atoms with van der Waals surface area (Å²) in [5.41, 5.74) is 0.628. The zero-order valence-corrected chi connectivity index (χ0v) is 11.4. The molecule has 0 aliphatic heterocycles. The average molecular weight is 341 g/mol. The third kappa shape index (κ3) is 4.01. The van der Waals surface area contributed by atoms with Gasteiger partial charge in [0.2, 0.25) is 0 Å². The predicted molar refractivity (Wildman–Crippen MR) is 68.3 cm³/mol. The van der Waals surface area contributed by atoms with Crippen LogP contribution in [0, 0.1) is 0 Å². The Hall–Kier alpha value is 0.620. The molecule has 0 atom stereocenters. The Balaban J connectivity index is 0.00000169. The molecule has 0 aliphatic rings. The molecule has 0 saturated carbocycles. The maximum absolute atomic E-state index is 5.58. The molecule has 7 heteroatoms. The van der Waals surface area contributed by atoms with Crippen LogP contribution in [0.3, 0.4) is 0 Å². The van der Waals surface area contributed by atoms with Crippen LogP contribution in [0.2, 0.25) is 0 Å². The maximum Gasteiger partial charge on any atom is 0.281 e. The molecule has 0 radical (unpaired) electrons. The number of halogens is 5. The van der Waals surface area contributed by atoms with Gasteiger partial charge in [-0.3, -0.25) is 5.01 Å². The molecule has 1 rings (SSSR count). The van der Waals surface area contributed by atoms with E-state index in [4.69, 9.17) is 40.6 Å². The normalized spacial score (nSPS) is 10.6. The molecular formula is C7H7BrCl4N2. The summed E-state index contributed by atoms with van der Waals surface area (Å²) in [5.74, 6) is 5.54. The number of hydrazine groups is 1. The zero-order chi connectivity index (χ0) is 10.1. The van der Waals surface area contributed by atoms with E-state index in [2.05, 4.69) is 15.9 Å². The fraction of sp³-hybridized carbons (Fsp3) is 0.143. The van der Waals surface area contributed by atoms with Crippen molar-refractivity contribution in [2.75, 3.05) is 5.01 Å². The van der Waals surface area contributed by atoms with Gasteiger partial charge in [0.05, 0.1) is 5.69 Å². The van der Waals surface area contributed by atoms with Gasteiger partial charge in [-0.1, -0.05) is 50.7 Å². The van der Waals surface area contributed by atoms with Gasteiger partial charge in [0, 0.05) is 4.47 Å². The molecule has 1 aromatic rings. The van der Waals surface area contributed by atoms with E-state index in [9.17, 15) is 0 Å². The van der Waals surface area contributed by atoms with Crippen LogP contribution in [-0.4, -0.2) is 3.92 Å². The largest absolute Gasteiger partial charge is 0.281 e. The second-order valence-corrected chi connectivity index (χ2v) is 5.45. The summed E-state index contributed by atoms with van der Waals surface area (Å²) in [4.78, 5) is 0. The first kappa shape index (κ1) is 14.6. The van der Waals surface area contributed by atoms with E-state index in [-0.39, 0.29) is 12.4 Å². The van der Waals surface area contributed by atoms with E-state index in [0.717, 1.165) is 9.48 Å². The van der Waals surface area contributed by atoms with E-state index < -0.39 is 3.92 Å². The minimum atomic E-state index is -1.63. The maximum atomic E-state index is 5.58. The van der Waals surface area contributed by atoms with Gasteiger partial charge in [-0.05, 0) is 24.3 Å². The van der Waals surface area contributed by atoms with Crippen molar-refractivity contribution in [3.63, 3.8) is 0 Å². The molecule has 14 heavy (non-hydrogen) atoms. The van der Waals surface area contributed by atoms with Crippen molar-refractivity contribution in [3.05, 3.63) is 28.7 Å². The van der Waals surface area contributed by atoms with Gasteiger partial charge in [-0.25, -0.2) is 5.84 Å². The second kappa shape index (κ2) is 5.64. The Morgan fingerprint density at radius 2 is 1.57 bits per heavy atom. The molecule has 0 unspecified atom stereocenters. The van der Waals surface area contributed by atoms with Gasteiger partial charge in [-0.2, -0.15) is 0 Å². The summed E-state index contributed by atoms with van der Waals surface area (Å²) in [6.45, 7) is 0. The molecule has 0 saturated heterocycles. The van der Waals surface area contributed by atoms with Crippen molar-refractivity contribution in [3.8, 4) is 0 Å². The van der Waals surface area contributed by atoms with Crippen LogP contribution in [0.25, 0.3) is 0 Å². The van der Waals surface area contributed by atoms with E-state index in [1.807, 2.05) is 12.1 Å². The van der Waals surface area contributed by atoms with Crippen LogP contribution < -0.4 is 10.9 Å². The van der Waals surface area contributed by atoms with Crippen molar-refractivity contribution in [2.45, 2.75) is 3.92 Å². The first-order valence-corrected chi connectivity index (χ1v) is 5.21. The number of nitrogens with zero attached hydrogens (tertiary/aromatic N) is 1. The Bertz CT molecular complexity index is 285. The molecule has 1 aromatic carbocycles. The number of hydrogen-bond acceptors (Lipinski definition) is 2. The molecule has 80 valence electrons. The molecule has 0 bridgehead atoms. The average Bonchev–Trinajstić information content (AvgIpc) is 2.03. The lowest BCUT2D eigenvalue weighted by Gasteiger charge is -2.25. The minimum Gasteiger partial charge on any atom is -0.264 e.